The van der Waals surface area contributed by atoms with Crippen molar-refractivity contribution in [2.45, 2.75) is 32.5 Å². The summed E-state index contributed by atoms with van der Waals surface area (Å²) in [7, 11) is 3.44. The minimum atomic E-state index is -1.32. The van der Waals surface area contributed by atoms with Crippen LogP contribution >= 0.6 is 27.5 Å². The Morgan fingerprint density at radius 1 is 1.26 bits per heavy atom. The molecule has 2 aromatic carbocycles. The molecule has 0 radical (unpaired) electrons. The molecule has 0 bridgehead atoms. The number of aliphatic hydroxyl groups is 1. The molecule has 2 atom stereocenters. The summed E-state index contributed by atoms with van der Waals surface area (Å²) in [6, 6.07) is 12.7. The number of amides is 1. The summed E-state index contributed by atoms with van der Waals surface area (Å²) in [4.78, 5) is 23.0. The number of nitrogens with zero attached hydrogens (tertiary/aromatic N) is 6. The lowest BCUT2D eigenvalue weighted by Crippen LogP contribution is -2.38. The highest BCUT2D eigenvalue weighted by atomic mass is 79.9. The van der Waals surface area contributed by atoms with Crippen LogP contribution in [0.4, 0.5) is 11.5 Å². The summed E-state index contributed by atoms with van der Waals surface area (Å²) < 4.78 is 7.41. The number of anilines is 2. The molecule has 4 aromatic rings. The Hall–Kier alpha value is -3.54. The van der Waals surface area contributed by atoms with Crippen LogP contribution in [0.1, 0.15) is 24.2 Å². The fourth-order valence-electron chi connectivity index (χ4n) is 3.84. The SMILES string of the molecule is COc1nccc(N(C)c2ccc(C)c(-c3cn(C[C@H](C)NC(=O)C(O)c4ccc(Cl)c(Br)c4)nn3)c2)n1. The molecule has 2 aromatic heterocycles. The molecule has 4 rings (SSSR count). The quantitative estimate of drug-likeness (QED) is 0.289. The second kappa shape index (κ2) is 11.9. The van der Waals surface area contributed by atoms with Gasteiger partial charge < -0.3 is 20.1 Å². The number of aryl methyl sites for hydroxylation is 1. The summed E-state index contributed by atoms with van der Waals surface area (Å²) in [6.45, 7) is 4.21. The molecule has 1 amide bonds. The molecule has 0 spiro atoms. The van der Waals surface area contributed by atoms with Gasteiger partial charge in [-0.25, -0.2) is 9.67 Å². The van der Waals surface area contributed by atoms with E-state index in [-0.39, 0.29) is 6.04 Å². The Morgan fingerprint density at radius 2 is 2.05 bits per heavy atom. The Morgan fingerprint density at radius 3 is 2.79 bits per heavy atom. The van der Waals surface area contributed by atoms with Gasteiger partial charge in [-0.15, -0.1) is 5.10 Å². The van der Waals surface area contributed by atoms with Gasteiger partial charge in [-0.3, -0.25) is 4.79 Å². The maximum Gasteiger partial charge on any atom is 0.318 e. The number of aromatic nitrogens is 5. The smallest absolute Gasteiger partial charge is 0.318 e. The van der Waals surface area contributed by atoms with Gasteiger partial charge in [-0.1, -0.05) is 28.9 Å². The van der Waals surface area contributed by atoms with Gasteiger partial charge in [-0.05, 0) is 71.2 Å². The Kier molecular flexibility index (Phi) is 8.60. The molecule has 10 nitrogen and oxygen atoms in total. The topological polar surface area (TPSA) is 118 Å². The van der Waals surface area contributed by atoms with Gasteiger partial charge in [0.05, 0.1) is 24.9 Å². The van der Waals surface area contributed by atoms with Crippen LogP contribution < -0.4 is 15.0 Å². The molecule has 0 saturated heterocycles. The van der Waals surface area contributed by atoms with E-state index >= 15 is 0 Å². The van der Waals surface area contributed by atoms with Gasteiger partial charge >= 0.3 is 6.01 Å². The van der Waals surface area contributed by atoms with Crippen LogP contribution in [0, 0.1) is 6.92 Å². The first-order valence-corrected chi connectivity index (χ1v) is 12.9. The predicted octanol–water partition coefficient (Wildman–Crippen LogP) is 4.47. The van der Waals surface area contributed by atoms with Crippen molar-refractivity contribution < 1.29 is 14.6 Å². The molecular weight excluding hydrogens is 574 g/mol. The molecule has 0 aliphatic carbocycles. The van der Waals surface area contributed by atoms with Crippen molar-refractivity contribution in [1.29, 1.82) is 0 Å². The van der Waals surface area contributed by atoms with Crippen molar-refractivity contribution in [3.63, 3.8) is 0 Å². The van der Waals surface area contributed by atoms with E-state index in [1.165, 1.54) is 7.11 Å². The van der Waals surface area contributed by atoms with Gasteiger partial charge in [0.25, 0.3) is 5.91 Å². The molecule has 1 unspecified atom stereocenters. The average molecular weight is 601 g/mol. The number of carbonyl (C=O) groups is 1. The number of halogens is 2. The lowest BCUT2D eigenvalue weighted by atomic mass is 10.0. The minimum Gasteiger partial charge on any atom is -0.467 e. The maximum atomic E-state index is 12.6. The van der Waals surface area contributed by atoms with Crippen LogP contribution in [-0.4, -0.2) is 56.2 Å². The molecule has 2 N–H and O–H groups in total. The second-order valence-electron chi connectivity index (χ2n) is 8.77. The van der Waals surface area contributed by atoms with E-state index in [4.69, 9.17) is 16.3 Å². The zero-order valence-corrected chi connectivity index (χ0v) is 23.6. The van der Waals surface area contributed by atoms with Crippen LogP contribution in [-0.2, 0) is 11.3 Å². The minimum absolute atomic E-state index is 0.291. The molecule has 0 fully saturated rings. The number of rotatable bonds is 9. The van der Waals surface area contributed by atoms with E-state index in [2.05, 4.69) is 41.5 Å². The number of benzene rings is 2. The van der Waals surface area contributed by atoms with Crippen LogP contribution in [0.5, 0.6) is 6.01 Å². The van der Waals surface area contributed by atoms with Crippen LogP contribution in [0.15, 0.2) is 59.3 Å². The highest BCUT2D eigenvalue weighted by Gasteiger charge is 2.21. The first-order chi connectivity index (χ1) is 18.2. The summed E-state index contributed by atoms with van der Waals surface area (Å²) >= 11 is 9.31. The molecule has 198 valence electrons. The predicted molar refractivity (Wildman–Crippen MR) is 149 cm³/mol. The van der Waals surface area contributed by atoms with Crippen molar-refractivity contribution in [2.24, 2.45) is 0 Å². The molecule has 2 heterocycles. The lowest BCUT2D eigenvalue weighted by molar-refractivity contribution is -0.130. The molecular formula is C26H27BrClN7O3. The van der Waals surface area contributed by atoms with Crippen molar-refractivity contribution >= 4 is 44.9 Å². The van der Waals surface area contributed by atoms with Crippen LogP contribution in [0.2, 0.25) is 5.02 Å². The number of aliphatic hydroxyl groups excluding tert-OH is 1. The van der Waals surface area contributed by atoms with E-state index in [9.17, 15) is 9.90 Å². The highest BCUT2D eigenvalue weighted by molar-refractivity contribution is 9.10. The maximum absolute atomic E-state index is 12.6. The molecule has 0 aliphatic rings. The van der Waals surface area contributed by atoms with Crippen molar-refractivity contribution in [3.05, 3.63) is 75.5 Å². The van der Waals surface area contributed by atoms with Crippen molar-refractivity contribution in [1.82, 2.24) is 30.3 Å². The standard InChI is InChI=1S/C26H27BrClN7O3/c1-15-5-7-18(34(3)23-9-10-29-26(31-23)38-4)12-19(15)22-14-35(33-32-22)13-16(2)30-25(37)24(36)17-6-8-21(28)20(27)11-17/h5-12,14,16,24,36H,13H2,1-4H3,(H,30,37)/t16-,24?/m0/s1. The van der Waals surface area contributed by atoms with E-state index in [1.807, 2.05) is 50.2 Å². The third-order valence-electron chi connectivity index (χ3n) is 5.93. The number of methoxy groups -OCH3 is 1. The van der Waals surface area contributed by atoms with Gasteiger partial charge in [0, 0.05) is 35.0 Å². The molecule has 0 saturated carbocycles. The van der Waals surface area contributed by atoms with E-state index in [0.717, 1.165) is 16.8 Å². The van der Waals surface area contributed by atoms with E-state index in [1.54, 1.807) is 35.1 Å². The number of hydrogen-bond acceptors (Lipinski definition) is 8. The summed E-state index contributed by atoms with van der Waals surface area (Å²) in [5, 5.41) is 22.4. The first kappa shape index (κ1) is 27.5. The Labute approximate surface area is 233 Å². The van der Waals surface area contributed by atoms with E-state index < -0.39 is 12.0 Å². The summed E-state index contributed by atoms with van der Waals surface area (Å²) in [5.74, 6) is 0.174. The van der Waals surface area contributed by atoms with Gasteiger partial charge in [-0.2, -0.15) is 4.98 Å². The summed E-state index contributed by atoms with van der Waals surface area (Å²) in [5.41, 5.74) is 4.00. The monoisotopic (exact) mass is 599 g/mol. The van der Waals surface area contributed by atoms with Gasteiger partial charge in [0.2, 0.25) is 0 Å². The normalized spacial score (nSPS) is 12.6. The average Bonchev–Trinajstić information content (AvgIpc) is 3.37. The largest absolute Gasteiger partial charge is 0.467 e. The van der Waals surface area contributed by atoms with Crippen LogP contribution in [0.25, 0.3) is 11.3 Å². The summed E-state index contributed by atoms with van der Waals surface area (Å²) in [6.07, 6.45) is 2.15. The fraction of sp³-hybridized carbons (Fsp3) is 0.269. The van der Waals surface area contributed by atoms with Crippen LogP contribution in [0.3, 0.4) is 0 Å². The van der Waals surface area contributed by atoms with Crippen molar-refractivity contribution in [3.8, 4) is 17.3 Å². The number of carbonyl (C=O) groups excluding carboxylic acids is 1. The number of ether oxygens (including phenoxy) is 1. The zero-order valence-electron chi connectivity index (χ0n) is 21.3. The lowest BCUT2D eigenvalue weighted by Gasteiger charge is -2.19. The zero-order chi connectivity index (χ0) is 27.4. The molecule has 0 aliphatic heterocycles. The highest BCUT2D eigenvalue weighted by Crippen LogP contribution is 2.30. The first-order valence-electron chi connectivity index (χ1n) is 11.7. The Bertz CT molecular complexity index is 1450. The number of hydrogen-bond donors (Lipinski definition) is 2. The van der Waals surface area contributed by atoms with E-state index in [0.29, 0.717) is 39.1 Å². The van der Waals surface area contributed by atoms with Gasteiger partial charge in [0.15, 0.2) is 6.10 Å². The van der Waals surface area contributed by atoms with Crippen molar-refractivity contribution in [2.75, 3.05) is 19.1 Å². The van der Waals surface area contributed by atoms with Gasteiger partial charge in [0.1, 0.15) is 11.5 Å². The Balaban J connectivity index is 1.44. The number of nitrogens with one attached hydrogen (secondary N) is 1. The second-order valence-corrected chi connectivity index (χ2v) is 10.0. The fourth-order valence-corrected chi connectivity index (χ4v) is 4.35. The molecule has 38 heavy (non-hydrogen) atoms. The third kappa shape index (κ3) is 6.29. The molecule has 12 heteroatoms. The third-order valence-corrected chi connectivity index (χ3v) is 7.14.